The number of hydrogen-bond donors (Lipinski definition) is 1. The number of amides is 1. The smallest absolute Gasteiger partial charge is 0.264 e. The molecular weight excluding hydrogens is 332 g/mol. The number of aryl methyl sites for hydroxylation is 1. The molecule has 2 aliphatic rings. The molecule has 0 unspecified atom stereocenters. The lowest BCUT2D eigenvalue weighted by Gasteiger charge is -2.27. The van der Waals surface area contributed by atoms with Gasteiger partial charge < -0.3 is 14.7 Å². The second-order valence-electron chi connectivity index (χ2n) is 7.23. The highest BCUT2D eigenvalue weighted by atomic mass is 16.5. The molecule has 0 radical (unpaired) electrons. The predicted octanol–water partition coefficient (Wildman–Crippen LogP) is 1.50. The molecule has 2 aromatic rings. The molecule has 26 heavy (non-hydrogen) atoms. The van der Waals surface area contributed by atoms with E-state index in [1.165, 1.54) is 0 Å². The van der Waals surface area contributed by atoms with Gasteiger partial charge in [0.1, 0.15) is 0 Å². The monoisotopic (exact) mass is 356 g/mol. The average molecular weight is 356 g/mol. The minimum absolute atomic E-state index is 0.000928. The molecule has 3 heterocycles. The lowest BCUT2D eigenvalue weighted by atomic mass is 9.83. The summed E-state index contributed by atoms with van der Waals surface area (Å²) in [5.74, 6) is 0.145. The van der Waals surface area contributed by atoms with Crippen LogP contribution in [0, 0.1) is 5.92 Å². The van der Waals surface area contributed by atoms with Crippen molar-refractivity contribution in [1.29, 1.82) is 0 Å². The fourth-order valence-corrected chi connectivity index (χ4v) is 4.26. The second-order valence-corrected chi connectivity index (χ2v) is 7.23. The Labute approximate surface area is 152 Å². The summed E-state index contributed by atoms with van der Waals surface area (Å²) in [5.41, 5.74) is 1.84. The number of hydrogen-bond acceptors (Lipinski definition) is 5. The third kappa shape index (κ3) is 2.54. The zero-order valence-electron chi connectivity index (χ0n) is 15.1. The minimum Gasteiger partial charge on any atom is -0.396 e. The van der Waals surface area contributed by atoms with Gasteiger partial charge in [0.25, 0.3) is 5.91 Å². The highest BCUT2D eigenvalue weighted by Gasteiger charge is 2.59. The standard InChI is InChI=1S/C19H24N4O3/c1-13-11-15(7-9-23-12-14(8-10-24)20-21-23)26-19(13)16-5-3-4-6-17(16)22(2)18(19)25/h3-6,12-13,15,24H,7-11H2,1-2H3/t13-,15+,19+/m1/s1. The molecular formula is C19H24N4O3. The van der Waals surface area contributed by atoms with Gasteiger partial charge in [0.15, 0.2) is 5.60 Å². The van der Waals surface area contributed by atoms with Gasteiger partial charge in [0.2, 0.25) is 0 Å². The van der Waals surface area contributed by atoms with Crippen molar-refractivity contribution >= 4 is 11.6 Å². The van der Waals surface area contributed by atoms with Gasteiger partial charge in [0.05, 0.1) is 17.5 Å². The summed E-state index contributed by atoms with van der Waals surface area (Å²) in [5, 5.41) is 17.1. The van der Waals surface area contributed by atoms with E-state index in [2.05, 4.69) is 17.2 Å². The van der Waals surface area contributed by atoms with Crippen molar-refractivity contribution in [3.05, 3.63) is 41.7 Å². The van der Waals surface area contributed by atoms with Crippen LogP contribution in [0.25, 0.3) is 0 Å². The van der Waals surface area contributed by atoms with Crippen LogP contribution >= 0.6 is 0 Å². The van der Waals surface area contributed by atoms with Gasteiger partial charge in [-0.05, 0) is 18.9 Å². The number of aliphatic hydroxyl groups is 1. The maximum atomic E-state index is 13.0. The first-order chi connectivity index (χ1) is 12.6. The molecule has 2 aliphatic heterocycles. The summed E-state index contributed by atoms with van der Waals surface area (Å²) in [4.78, 5) is 14.8. The number of carbonyl (C=O) groups excluding carboxylic acids is 1. The number of para-hydroxylation sites is 1. The van der Waals surface area contributed by atoms with Gasteiger partial charge in [-0.1, -0.05) is 30.3 Å². The number of aromatic nitrogens is 3. The van der Waals surface area contributed by atoms with E-state index in [-0.39, 0.29) is 24.5 Å². The summed E-state index contributed by atoms with van der Waals surface area (Å²) < 4.78 is 8.19. The Kier molecular flexibility index (Phi) is 4.28. The predicted molar refractivity (Wildman–Crippen MR) is 95.6 cm³/mol. The summed E-state index contributed by atoms with van der Waals surface area (Å²) >= 11 is 0. The maximum absolute atomic E-state index is 13.0. The fourth-order valence-electron chi connectivity index (χ4n) is 4.26. The summed E-state index contributed by atoms with van der Waals surface area (Å²) in [7, 11) is 1.82. The van der Waals surface area contributed by atoms with Gasteiger partial charge in [-0.15, -0.1) is 5.10 Å². The Balaban J connectivity index is 1.50. The molecule has 1 spiro atoms. The number of aliphatic hydroxyl groups excluding tert-OH is 1. The number of nitrogens with zero attached hydrogens (tertiary/aromatic N) is 4. The molecule has 4 rings (SSSR count). The number of rotatable bonds is 5. The number of fused-ring (bicyclic) bond motifs is 2. The molecule has 1 aromatic heterocycles. The van der Waals surface area contributed by atoms with Crippen molar-refractivity contribution in [3.63, 3.8) is 0 Å². The van der Waals surface area contributed by atoms with Gasteiger partial charge in [0, 0.05) is 44.3 Å². The first-order valence-corrected chi connectivity index (χ1v) is 9.11. The van der Waals surface area contributed by atoms with Crippen LogP contribution in [0.1, 0.15) is 31.0 Å². The molecule has 1 saturated heterocycles. The second kappa shape index (κ2) is 6.48. The third-order valence-electron chi connectivity index (χ3n) is 5.59. The number of likely N-dealkylation sites (N-methyl/N-ethyl adjacent to an activating group) is 1. The molecule has 7 heteroatoms. The molecule has 1 aromatic carbocycles. The van der Waals surface area contributed by atoms with E-state index in [0.29, 0.717) is 13.0 Å². The number of benzene rings is 1. The topological polar surface area (TPSA) is 80.5 Å². The summed E-state index contributed by atoms with van der Waals surface area (Å²) in [6, 6.07) is 7.90. The molecule has 1 N–H and O–H groups in total. The lowest BCUT2D eigenvalue weighted by molar-refractivity contribution is -0.145. The van der Waals surface area contributed by atoms with Gasteiger partial charge in [-0.25, -0.2) is 0 Å². The van der Waals surface area contributed by atoms with Crippen LogP contribution < -0.4 is 4.90 Å². The van der Waals surface area contributed by atoms with Crippen molar-refractivity contribution in [2.45, 2.75) is 44.4 Å². The molecule has 0 bridgehead atoms. The van der Waals surface area contributed by atoms with Crippen LogP contribution in [0.5, 0.6) is 0 Å². The Morgan fingerprint density at radius 3 is 3.00 bits per heavy atom. The van der Waals surface area contributed by atoms with Crippen molar-refractivity contribution in [2.24, 2.45) is 5.92 Å². The van der Waals surface area contributed by atoms with Crippen LogP contribution in [0.3, 0.4) is 0 Å². The normalized spacial score (nSPS) is 27.5. The fraction of sp³-hybridized carbons (Fsp3) is 0.526. The molecule has 0 saturated carbocycles. The Morgan fingerprint density at radius 2 is 2.19 bits per heavy atom. The zero-order valence-corrected chi connectivity index (χ0v) is 15.1. The van der Waals surface area contributed by atoms with E-state index in [4.69, 9.17) is 9.84 Å². The van der Waals surface area contributed by atoms with Crippen molar-refractivity contribution in [1.82, 2.24) is 15.0 Å². The first kappa shape index (κ1) is 17.2. The number of anilines is 1. The van der Waals surface area contributed by atoms with E-state index >= 15 is 0 Å². The van der Waals surface area contributed by atoms with E-state index < -0.39 is 5.60 Å². The molecule has 3 atom stereocenters. The first-order valence-electron chi connectivity index (χ1n) is 9.11. The van der Waals surface area contributed by atoms with E-state index in [0.717, 1.165) is 29.8 Å². The summed E-state index contributed by atoms with van der Waals surface area (Å²) in [6.07, 6.45) is 3.98. The molecule has 1 fully saturated rings. The maximum Gasteiger partial charge on any atom is 0.264 e. The molecule has 7 nitrogen and oxygen atoms in total. The van der Waals surface area contributed by atoms with Gasteiger partial charge >= 0.3 is 0 Å². The van der Waals surface area contributed by atoms with Crippen molar-refractivity contribution in [2.75, 3.05) is 18.6 Å². The lowest BCUT2D eigenvalue weighted by Crippen LogP contribution is -2.42. The minimum atomic E-state index is -0.861. The largest absolute Gasteiger partial charge is 0.396 e. The highest BCUT2D eigenvalue weighted by Crippen LogP contribution is 2.52. The Bertz CT molecular complexity index is 821. The van der Waals surface area contributed by atoms with Crippen LogP contribution in [0.2, 0.25) is 0 Å². The van der Waals surface area contributed by atoms with Crippen LogP contribution in [0.15, 0.2) is 30.5 Å². The van der Waals surface area contributed by atoms with E-state index in [9.17, 15) is 4.79 Å². The van der Waals surface area contributed by atoms with Crippen molar-refractivity contribution < 1.29 is 14.6 Å². The third-order valence-corrected chi connectivity index (χ3v) is 5.59. The highest BCUT2D eigenvalue weighted by molar-refractivity contribution is 6.07. The quantitative estimate of drug-likeness (QED) is 0.878. The zero-order chi connectivity index (χ0) is 18.3. The number of carbonyl (C=O) groups is 1. The Morgan fingerprint density at radius 1 is 1.38 bits per heavy atom. The van der Waals surface area contributed by atoms with Crippen LogP contribution in [-0.4, -0.2) is 45.8 Å². The van der Waals surface area contributed by atoms with Crippen LogP contribution in [0.4, 0.5) is 5.69 Å². The SMILES string of the molecule is C[C@@H]1C[C@H](CCn2cc(CCO)nn2)O[C@@]12C(=O)N(C)c1ccccc12. The van der Waals surface area contributed by atoms with Crippen LogP contribution in [-0.2, 0) is 28.1 Å². The Hall–Kier alpha value is -2.25. The average Bonchev–Trinajstić information content (AvgIpc) is 3.28. The van der Waals surface area contributed by atoms with E-state index in [1.54, 1.807) is 9.58 Å². The summed E-state index contributed by atoms with van der Waals surface area (Å²) in [6.45, 7) is 2.85. The molecule has 0 aliphatic carbocycles. The molecule has 138 valence electrons. The van der Waals surface area contributed by atoms with Gasteiger partial charge in [-0.2, -0.15) is 0 Å². The van der Waals surface area contributed by atoms with Gasteiger partial charge in [-0.3, -0.25) is 9.48 Å². The van der Waals surface area contributed by atoms with E-state index in [1.807, 2.05) is 37.5 Å². The molecule has 1 amide bonds. The van der Waals surface area contributed by atoms with Crippen molar-refractivity contribution in [3.8, 4) is 0 Å². The number of ether oxygens (including phenoxy) is 1.